The lowest BCUT2D eigenvalue weighted by Gasteiger charge is -2.22. The Morgan fingerprint density at radius 3 is 2.25 bits per heavy atom. The normalized spacial score (nSPS) is 16.5. The van der Waals surface area contributed by atoms with E-state index in [2.05, 4.69) is 5.32 Å². The standard InChI is InChI=1S/C24H31N3O4S/c1-3-14-26(15-4-2)32(30,31)22-12-10-21(11-13-22)27-18-20(16-23(27)28)24(29)25-17-19-8-6-5-7-9-19/h5-13,20H,3-4,14-18H2,1-2H3,(H,25,29)/t20-/m1/s1. The molecule has 172 valence electrons. The van der Waals surface area contributed by atoms with Crippen molar-refractivity contribution in [2.45, 2.75) is 44.6 Å². The van der Waals surface area contributed by atoms with Crippen LogP contribution >= 0.6 is 0 Å². The summed E-state index contributed by atoms with van der Waals surface area (Å²) in [5.41, 5.74) is 1.60. The Kier molecular flexibility index (Phi) is 8.04. The van der Waals surface area contributed by atoms with Crippen molar-refractivity contribution in [1.29, 1.82) is 0 Å². The second-order valence-electron chi connectivity index (χ2n) is 8.01. The lowest BCUT2D eigenvalue weighted by atomic mass is 10.1. The van der Waals surface area contributed by atoms with Gasteiger partial charge in [-0.05, 0) is 42.7 Å². The van der Waals surface area contributed by atoms with Gasteiger partial charge in [0.1, 0.15) is 0 Å². The van der Waals surface area contributed by atoms with Gasteiger partial charge in [0.2, 0.25) is 21.8 Å². The highest BCUT2D eigenvalue weighted by atomic mass is 32.2. The highest BCUT2D eigenvalue weighted by Crippen LogP contribution is 2.27. The van der Waals surface area contributed by atoms with Gasteiger partial charge in [0.05, 0.1) is 10.8 Å². The summed E-state index contributed by atoms with van der Waals surface area (Å²) < 4.78 is 27.4. The van der Waals surface area contributed by atoms with E-state index in [4.69, 9.17) is 0 Å². The molecule has 8 heteroatoms. The molecule has 32 heavy (non-hydrogen) atoms. The summed E-state index contributed by atoms with van der Waals surface area (Å²) in [6.07, 6.45) is 1.63. The number of rotatable bonds is 10. The highest BCUT2D eigenvalue weighted by molar-refractivity contribution is 7.89. The molecule has 1 heterocycles. The van der Waals surface area contributed by atoms with Gasteiger partial charge in [-0.2, -0.15) is 4.31 Å². The molecule has 2 aromatic carbocycles. The summed E-state index contributed by atoms with van der Waals surface area (Å²) in [6, 6.07) is 16.0. The first-order chi connectivity index (χ1) is 15.4. The van der Waals surface area contributed by atoms with Gasteiger partial charge >= 0.3 is 0 Å². The zero-order valence-corrected chi connectivity index (χ0v) is 19.5. The van der Waals surface area contributed by atoms with Crippen LogP contribution < -0.4 is 10.2 Å². The Balaban J connectivity index is 1.65. The van der Waals surface area contributed by atoms with E-state index in [0.717, 1.165) is 18.4 Å². The monoisotopic (exact) mass is 457 g/mol. The third kappa shape index (κ3) is 5.55. The van der Waals surface area contributed by atoms with E-state index in [1.165, 1.54) is 4.31 Å². The Hall–Kier alpha value is -2.71. The molecule has 1 aliphatic heterocycles. The van der Waals surface area contributed by atoms with Crippen molar-refractivity contribution in [1.82, 2.24) is 9.62 Å². The number of benzene rings is 2. The molecule has 1 aliphatic rings. The molecule has 0 radical (unpaired) electrons. The summed E-state index contributed by atoms with van der Waals surface area (Å²) in [5.74, 6) is -0.725. The molecule has 0 saturated carbocycles. The molecule has 1 N–H and O–H groups in total. The second-order valence-corrected chi connectivity index (χ2v) is 9.94. The summed E-state index contributed by atoms with van der Waals surface area (Å²) >= 11 is 0. The van der Waals surface area contributed by atoms with Crippen molar-refractivity contribution in [2.24, 2.45) is 5.92 Å². The zero-order chi connectivity index (χ0) is 23.1. The molecular weight excluding hydrogens is 426 g/mol. The van der Waals surface area contributed by atoms with Gasteiger partial charge in [-0.1, -0.05) is 44.2 Å². The number of hydrogen-bond donors (Lipinski definition) is 1. The van der Waals surface area contributed by atoms with E-state index in [-0.39, 0.29) is 29.7 Å². The lowest BCUT2D eigenvalue weighted by Crippen LogP contribution is -2.33. The van der Waals surface area contributed by atoms with Crippen LogP contribution in [-0.4, -0.2) is 44.2 Å². The van der Waals surface area contributed by atoms with E-state index in [1.54, 1.807) is 29.2 Å². The third-order valence-corrected chi connectivity index (χ3v) is 7.45. The first-order valence-electron chi connectivity index (χ1n) is 11.1. The van der Waals surface area contributed by atoms with Crippen molar-refractivity contribution < 1.29 is 18.0 Å². The average Bonchev–Trinajstić information content (AvgIpc) is 3.20. The predicted octanol–water partition coefficient (Wildman–Crippen LogP) is 3.17. The number of anilines is 1. The summed E-state index contributed by atoms with van der Waals surface area (Å²) in [4.78, 5) is 26.9. The molecular formula is C24H31N3O4S. The molecule has 0 bridgehead atoms. The van der Waals surface area contributed by atoms with Crippen LogP contribution in [0.1, 0.15) is 38.7 Å². The Morgan fingerprint density at radius 2 is 1.66 bits per heavy atom. The van der Waals surface area contributed by atoms with Crippen molar-refractivity contribution >= 4 is 27.5 Å². The molecule has 2 aromatic rings. The number of sulfonamides is 1. The van der Waals surface area contributed by atoms with Gasteiger partial charge in [0, 0.05) is 38.3 Å². The first kappa shape index (κ1) is 23.9. The molecule has 1 saturated heterocycles. The minimum atomic E-state index is -3.57. The van der Waals surface area contributed by atoms with E-state index in [1.807, 2.05) is 44.2 Å². The minimum Gasteiger partial charge on any atom is -0.352 e. The van der Waals surface area contributed by atoms with Crippen molar-refractivity contribution in [3.63, 3.8) is 0 Å². The average molecular weight is 458 g/mol. The molecule has 7 nitrogen and oxygen atoms in total. The fourth-order valence-electron chi connectivity index (χ4n) is 3.86. The van der Waals surface area contributed by atoms with E-state index in [0.29, 0.717) is 25.3 Å². The molecule has 0 aliphatic carbocycles. The molecule has 0 spiro atoms. The summed E-state index contributed by atoms with van der Waals surface area (Å²) in [6.45, 7) is 5.55. The molecule has 3 rings (SSSR count). The smallest absolute Gasteiger partial charge is 0.243 e. The van der Waals surface area contributed by atoms with Crippen LogP contribution in [0.2, 0.25) is 0 Å². The quantitative estimate of drug-likeness (QED) is 0.594. The highest BCUT2D eigenvalue weighted by Gasteiger charge is 2.35. The van der Waals surface area contributed by atoms with Gasteiger partial charge < -0.3 is 10.2 Å². The maximum Gasteiger partial charge on any atom is 0.243 e. The number of carbonyl (C=O) groups is 2. The van der Waals surface area contributed by atoms with Gasteiger partial charge in [-0.3, -0.25) is 9.59 Å². The number of nitrogens with zero attached hydrogens (tertiary/aromatic N) is 2. The van der Waals surface area contributed by atoms with E-state index < -0.39 is 15.9 Å². The van der Waals surface area contributed by atoms with Crippen LogP contribution in [-0.2, 0) is 26.2 Å². The molecule has 0 unspecified atom stereocenters. The predicted molar refractivity (Wildman–Crippen MR) is 125 cm³/mol. The van der Waals surface area contributed by atoms with Crippen molar-refractivity contribution in [3.05, 3.63) is 60.2 Å². The SMILES string of the molecule is CCCN(CCC)S(=O)(=O)c1ccc(N2C[C@H](C(=O)NCc3ccccc3)CC2=O)cc1. The largest absolute Gasteiger partial charge is 0.352 e. The van der Waals surface area contributed by atoms with Gasteiger partial charge in [0.15, 0.2) is 0 Å². The lowest BCUT2D eigenvalue weighted by molar-refractivity contribution is -0.126. The number of amides is 2. The van der Waals surface area contributed by atoms with Crippen LogP contribution in [0.15, 0.2) is 59.5 Å². The molecule has 1 atom stereocenters. The van der Waals surface area contributed by atoms with Gasteiger partial charge in [-0.15, -0.1) is 0 Å². The maximum atomic E-state index is 12.9. The fourth-order valence-corrected chi connectivity index (χ4v) is 5.48. The maximum absolute atomic E-state index is 12.9. The zero-order valence-electron chi connectivity index (χ0n) is 18.7. The summed E-state index contributed by atoms with van der Waals surface area (Å²) in [7, 11) is -3.57. The van der Waals surface area contributed by atoms with E-state index >= 15 is 0 Å². The Bertz CT molecular complexity index is 1020. The first-order valence-corrected chi connectivity index (χ1v) is 12.5. The third-order valence-electron chi connectivity index (χ3n) is 5.54. The molecule has 1 fully saturated rings. The Labute approximate surface area is 190 Å². The van der Waals surface area contributed by atoms with Gasteiger partial charge in [0.25, 0.3) is 0 Å². The number of hydrogen-bond acceptors (Lipinski definition) is 4. The topological polar surface area (TPSA) is 86.8 Å². The second kappa shape index (κ2) is 10.7. The van der Waals surface area contributed by atoms with Crippen LogP contribution in [0.25, 0.3) is 0 Å². The number of nitrogens with one attached hydrogen (secondary N) is 1. The van der Waals surface area contributed by atoms with Gasteiger partial charge in [-0.25, -0.2) is 8.42 Å². The van der Waals surface area contributed by atoms with Crippen LogP contribution in [0.5, 0.6) is 0 Å². The number of carbonyl (C=O) groups excluding carboxylic acids is 2. The van der Waals surface area contributed by atoms with Crippen LogP contribution in [0.4, 0.5) is 5.69 Å². The van der Waals surface area contributed by atoms with Crippen molar-refractivity contribution in [2.75, 3.05) is 24.5 Å². The summed E-state index contributed by atoms with van der Waals surface area (Å²) in [5, 5.41) is 2.90. The fraction of sp³-hybridized carbons (Fsp3) is 0.417. The Morgan fingerprint density at radius 1 is 1.03 bits per heavy atom. The van der Waals surface area contributed by atoms with Crippen LogP contribution in [0.3, 0.4) is 0 Å². The minimum absolute atomic E-state index is 0.140. The van der Waals surface area contributed by atoms with Crippen molar-refractivity contribution in [3.8, 4) is 0 Å². The molecule has 2 amide bonds. The molecule has 0 aromatic heterocycles. The van der Waals surface area contributed by atoms with Crippen LogP contribution in [0, 0.1) is 5.92 Å². The van der Waals surface area contributed by atoms with E-state index in [9.17, 15) is 18.0 Å².